The van der Waals surface area contributed by atoms with E-state index in [0.29, 0.717) is 100.0 Å². The minimum atomic E-state index is -2.71. The molecule has 10 spiro atoms. The molecule has 13 fully saturated rings. The molecule has 0 aromatic rings. The summed E-state index contributed by atoms with van der Waals surface area (Å²) in [6.45, 7) is 71.6. The number of ether oxygens (including phenoxy) is 1. The van der Waals surface area contributed by atoms with Crippen molar-refractivity contribution < 1.29 is 17.9 Å². The Morgan fingerprint density at radius 1 is 0.311 bits per heavy atom. The van der Waals surface area contributed by atoms with Gasteiger partial charge in [0, 0.05) is 11.5 Å². The number of allylic oxidation sites excluding steroid dienone is 14. The number of carbonyl (C=O) groups is 1. The zero-order valence-electron chi connectivity index (χ0n) is 93.0. The molecule has 3 heterocycles. The van der Waals surface area contributed by atoms with Crippen molar-refractivity contribution in [1.82, 2.24) is 5.32 Å². The molecule has 10 saturated carbocycles. The van der Waals surface area contributed by atoms with E-state index in [4.69, 9.17) is 4.74 Å². The predicted molar refractivity (Wildman–Crippen MR) is 573 cm³/mol. The van der Waals surface area contributed by atoms with Gasteiger partial charge in [0.2, 0.25) is 5.91 Å². The largest absolute Gasteiger partial charge is 0.375 e. The molecule has 0 radical (unpaired) electrons. The zero-order chi connectivity index (χ0) is 97.2. The lowest BCUT2D eigenvalue weighted by Gasteiger charge is -2.54. The summed E-state index contributed by atoms with van der Waals surface area (Å²) >= 11 is 0. The quantitative estimate of drug-likeness (QED) is 0.245. The van der Waals surface area contributed by atoms with Crippen LogP contribution in [0.25, 0.3) is 0 Å². The van der Waals surface area contributed by atoms with Crippen molar-refractivity contribution in [1.29, 1.82) is 0 Å². The fraction of sp³-hybridized carbons (Fsp3) is 0.881. The van der Waals surface area contributed by atoms with E-state index in [2.05, 4.69) is 292 Å². The van der Waals surface area contributed by atoms with Crippen LogP contribution in [0.4, 0.5) is 0 Å². The molecule has 1 amide bonds. The average molecular weight is 1840 g/mol. The molecule has 3 saturated heterocycles. The Labute approximate surface area is 820 Å². The first kappa shape index (κ1) is 110. The Morgan fingerprint density at radius 2 is 0.697 bits per heavy atom. The Bertz CT molecular complexity index is 3920. The number of hydrogen-bond acceptors (Lipinski definition) is 4. The van der Waals surface area contributed by atoms with E-state index in [9.17, 15) is 13.2 Å². The van der Waals surface area contributed by atoms with Crippen molar-refractivity contribution >= 4 is 15.7 Å². The third kappa shape index (κ3) is 29.2. The van der Waals surface area contributed by atoms with Gasteiger partial charge in [-0.25, -0.2) is 8.42 Å². The number of piperidine rings is 1. The molecule has 5 nitrogen and oxygen atoms in total. The molecule has 0 bridgehead atoms. The van der Waals surface area contributed by atoms with E-state index in [1.807, 2.05) is 0 Å². The van der Waals surface area contributed by atoms with Crippen LogP contribution >= 0.6 is 0 Å². The molecule has 20 aliphatic rings. The van der Waals surface area contributed by atoms with Crippen LogP contribution < -0.4 is 5.32 Å². The fourth-order valence-electron chi connectivity index (χ4n) is 29.7. The molecule has 0 aromatic heterocycles. The summed E-state index contributed by atoms with van der Waals surface area (Å²) in [4.78, 5) is 12.2. The van der Waals surface area contributed by atoms with Crippen LogP contribution in [-0.2, 0) is 19.4 Å². The highest BCUT2D eigenvalue weighted by Crippen LogP contribution is 2.65. The highest BCUT2D eigenvalue weighted by Gasteiger charge is 2.56. The maximum Gasteiger partial charge on any atom is 0.226 e. The Kier molecular flexibility index (Phi) is 34.9. The van der Waals surface area contributed by atoms with E-state index < -0.39 is 9.84 Å². The van der Waals surface area contributed by atoms with E-state index in [-0.39, 0.29) is 16.2 Å². The van der Waals surface area contributed by atoms with Gasteiger partial charge in [-0.1, -0.05) is 331 Å². The van der Waals surface area contributed by atoms with Gasteiger partial charge in [-0.15, -0.1) is 0 Å². The molecule has 6 heteroatoms. The number of amides is 1. The van der Waals surface area contributed by atoms with E-state index in [1.54, 1.807) is 31.3 Å². The number of rotatable bonds is 0. The molecule has 20 rings (SSSR count). The number of carbonyl (C=O) groups excluding carboxylic acids is 1. The van der Waals surface area contributed by atoms with Crippen LogP contribution in [0.3, 0.4) is 0 Å². The van der Waals surface area contributed by atoms with Crippen molar-refractivity contribution in [2.75, 3.05) is 18.1 Å². The van der Waals surface area contributed by atoms with Gasteiger partial charge in [0.25, 0.3) is 0 Å². The molecule has 7 atom stereocenters. The average Bonchev–Trinajstić information content (AvgIpc) is 1.42. The Hall–Kier alpha value is -2.44. The molecule has 132 heavy (non-hydrogen) atoms. The molecule has 7 unspecified atom stereocenters. The van der Waals surface area contributed by atoms with Crippen molar-refractivity contribution in [3.63, 3.8) is 0 Å². The lowest BCUT2D eigenvalue weighted by atomic mass is 9.51. The summed E-state index contributed by atoms with van der Waals surface area (Å²) in [5, 5.41) is 3.25. The minimum absolute atomic E-state index is 0.0295. The van der Waals surface area contributed by atoms with Crippen molar-refractivity contribution in [2.24, 2.45) is 150 Å². The van der Waals surface area contributed by atoms with Crippen LogP contribution in [0, 0.1) is 150 Å². The lowest BCUT2D eigenvalue weighted by molar-refractivity contribution is -0.136. The molecular weight excluding hydrogens is 1620 g/mol. The van der Waals surface area contributed by atoms with E-state index >= 15 is 0 Å². The van der Waals surface area contributed by atoms with Crippen LogP contribution in [0.2, 0.25) is 0 Å². The Morgan fingerprint density at radius 3 is 1.10 bits per heavy atom. The highest BCUT2D eigenvalue weighted by molar-refractivity contribution is 7.91. The second-order valence-corrected chi connectivity index (χ2v) is 63.6. The summed E-state index contributed by atoms with van der Waals surface area (Å²) in [5.41, 5.74) is 11.8. The first-order valence-corrected chi connectivity index (χ1v) is 58.4. The smallest absolute Gasteiger partial charge is 0.226 e. The molecule has 3 aliphatic heterocycles. The van der Waals surface area contributed by atoms with Crippen LogP contribution in [0.5, 0.6) is 0 Å². The van der Waals surface area contributed by atoms with Crippen LogP contribution in [-0.4, -0.2) is 44.1 Å². The second-order valence-electron chi connectivity index (χ2n) is 61.4. The van der Waals surface area contributed by atoms with Crippen LogP contribution in [0.15, 0.2) is 84.6 Å². The second kappa shape index (κ2) is 41.9. The van der Waals surface area contributed by atoms with Crippen molar-refractivity contribution in [3.8, 4) is 0 Å². The third-order valence-corrected chi connectivity index (χ3v) is 42.8. The van der Waals surface area contributed by atoms with Crippen molar-refractivity contribution in [3.05, 3.63) is 84.6 Å². The molecule has 0 aromatic carbocycles. The normalized spacial score (nSPS) is 31.9. The summed E-state index contributed by atoms with van der Waals surface area (Å²) in [6, 6.07) is 0.372. The summed E-state index contributed by atoms with van der Waals surface area (Å²) in [6.07, 6.45) is 98.2. The summed E-state index contributed by atoms with van der Waals surface area (Å²) in [7, 11) is -2.71. The SMILES string of the molecule is CC(C)(C)C1=CCC2(CC=CC2)C1.CC(C)(C)C1C=CCC12CC=CC2.CC(C)(C)C1CC2(CC=CC2)C1.CC(C)(C)C1CC2(CC=CCC2)C1.CC(C)(C)C1CCC2(CC2)C1.CC(C)(C)C1CCC2(CC=CC2)C1.CC(C)(C)C1CCC2(CCCC2)C(=O)N1.CC(C)(C)C1CCC2(CCCC2)CC1.CC(C)(C)C1CCC2(CCS(=O)(=O)C2)C1.CC(C)(C)C1COC2(CCCC2)C1. The topological polar surface area (TPSA) is 72.5 Å². The molecule has 756 valence electrons. The van der Waals surface area contributed by atoms with E-state index in [1.165, 1.54) is 244 Å². The standard InChI is InChI=1S/C14H26.C13H23NO.C13H20.C13H22.C13H20.C13H22.C12H22O2S.C12H22O.C12H20.C11H20/c1-13(2,3)12-6-10-14(11-7-12)8-4-5-9-14;1-12(2,3)10-6-9-13(11(15)14-10)7-4-5-8-13;1-12(2,3)11-7-6-10-13(11)8-4-5-9-13;2*1-12(2,3)11-6-9-13(10-11)7-4-5-8-13;1-12(2,3)11-9-13(10-11)7-5-4-6-8-13;1-11(2,3)10-4-5-12(8-10)6-7-15(13,14)9-12;1-11(2,3)10-8-12(13-9-10)6-4-5-7-12;1-11(2,3)10-8-12(9-10)6-4-5-7-12;1-10(2,3)9-4-5-11(8-9)6-7-11/h12H,4-11H2,1-3H3;10H,4-9H2,1-3H3,(H,14,15);4-7,11H,8-10H2,1-3H3;4-5,11H,6-10H2,1-3H3;4-6H,7-10H2,1-3H3;4-5,11H,6-10H2,1-3H3;10H,4-9H2,1-3H3;10H,4-9H2,1-3H3;4-5,10H,6-9H2,1-3H3;9H,4-8H2,1-3H3. The summed E-state index contributed by atoms with van der Waals surface area (Å²) < 4.78 is 29.1. The van der Waals surface area contributed by atoms with Gasteiger partial charge in [0.1, 0.15) is 0 Å². The minimum Gasteiger partial charge on any atom is -0.375 e. The molecule has 17 aliphatic carbocycles. The van der Waals surface area contributed by atoms with Crippen molar-refractivity contribution in [2.45, 2.75) is 534 Å². The number of nitrogens with one attached hydrogen (secondary N) is 1. The Balaban J connectivity index is 0.000000142. The van der Waals surface area contributed by atoms with Gasteiger partial charge in [-0.3, -0.25) is 4.79 Å². The zero-order valence-corrected chi connectivity index (χ0v) is 93.8. The van der Waals surface area contributed by atoms with Gasteiger partial charge < -0.3 is 10.1 Å². The fourth-order valence-corrected chi connectivity index (χ4v) is 32.0. The molecule has 1 N–H and O–H groups in total. The van der Waals surface area contributed by atoms with Crippen LogP contribution in [0.1, 0.15) is 522 Å². The number of hydrogen-bond donors (Lipinski definition) is 1. The maximum absolute atomic E-state index is 12.2. The monoisotopic (exact) mass is 1840 g/mol. The third-order valence-electron chi connectivity index (χ3n) is 40.9. The molecular formula is C126H217NO4S. The highest BCUT2D eigenvalue weighted by atomic mass is 32.2. The van der Waals surface area contributed by atoms with E-state index in [0.717, 1.165) is 115 Å². The van der Waals surface area contributed by atoms with Gasteiger partial charge in [0.15, 0.2) is 9.84 Å². The van der Waals surface area contributed by atoms with Gasteiger partial charge in [-0.05, 0) is 421 Å². The van der Waals surface area contributed by atoms with Gasteiger partial charge in [-0.2, -0.15) is 0 Å². The maximum atomic E-state index is 12.2. The lowest BCUT2D eigenvalue weighted by Crippen LogP contribution is -2.54. The van der Waals surface area contributed by atoms with Gasteiger partial charge in [0.05, 0.1) is 23.7 Å². The first-order chi connectivity index (χ1) is 60.8. The predicted octanol–water partition coefficient (Wildman–Crippen LogP) is 37.4. The van der Waals surface area contributed by atoms with Gasteiger partial charge >= 0.3 is 0 Å². The number of sulfone groups is 1. The first-order valence-electron chi connectivity index (χ1n) is 56.6. The summed E-state index contributed by atoms with van der Waals surface area (Å²) in [5.74, 6) is 8.45.